The molecule has 8 heteroatoms. The molecule has 1 saturated carbocycles. The number of rotatable bonds is 4. The normalized spacial score (nSPS) is 48.9. The van der Waals surface area contributed by atoms with E-state index in [4.69, 9.17) is 14.2 Å². The molecule has 8 nitrogen and oxygen atoms in total. The Kier molecular flexibility index (Phi) is 5.43. The Morgan fingerprint density at radius 3 is 2.62 bits per heavy atom. The monoisotopic (exact) mass is 346 g/mol. The van der Waals surface area contributed by atoms with Crippen molar-refractivity contribution in [1.29, 1.82) is 0 Å². The summed E-state index contributed by atoms with van der Waals surface area (Å²) in [4.78, 5) is 11.9. The first kappa shape index (κ1) is 18.0. The van der Waals surface area contributed by atoms with Gasteiger partial charge in [0.15, 0.2) is 6.29 Å². The Balaban J connectivity index is 1.60. The van der Waals surface area contributed by atoms with Crippen molar-refractivity contribution >= 4 is 5.97 Å². The van der Waals surface area contributed by atoms with Crippen LogP contribution in [0.4, 0.5) is 0 Å². The van der Waals surface area contributed by atoms with E-state index >= 15 is 0 Å². The molecule has 2 saturated heterocycles. The molecule has 9 atom stereocenters. The topological polar surface area (TPSA) is 126 Å². The van der Waals surface area contributed by atoms with Crippen molar-refractivity contribution in [3.05, 3.63) is 0 Å². The number of carbonyl (C=O) groups excluding carboxylic acids is 1. The molecule has 0 aromatic carbocycles. The molecule has 138 valence electrons. The number of carbonyl (C=O) groups is 1. The summed E-state index contributed by atoms with van der Waals surface area (Å²) >= 11 is 0. The van der Waals surface area contributed by atoms with E-state index in [0.29, 0.717) is 0 Å². The van der Waals surface area contributed by atoms with Gasteiger partial charge in [-0.25, -0.2) is 0 Å². The number of ether oxygens (including phenoxy) is 3. The van der Waals surface area contributed by atoms with Crippen LogP contribution in [0.15, 0.2) is 0 Å². The highest BCUT2D eigenvalue weighted by atomic mass is 16.7. The second kappa shape index (κ2) is 7.23. The third-order valence-electron chi connectivity index (χ3n) is 5.67. The molecule has 0 aromatic heterocycles. The minimum absolute atomic E-state index is 0.00465. The van der Waals surface area contributed by atoms with Crippen LogP contribution < -0.4 is 0 Å². The molecule has 2 heterocycles. The first-order chi connectivity index (χ1) is 11.4. The van der Waals surface area contributed by atoms with Crippen molar-refractivity contribution in [2.75, 3.05) is 19.8 Å². The van der Waals surface area contributed by atoms with Crippen LogP contribution in [0.1, 0.15) is 19.8 Å². The van der Waals surface area contributed by atoms with Crippen molar-refractivity contribution in [3.8, 4) is 0 Å². The van der Waals surface area contributed by atoms with E-state index in [2.05, 4.69) is 0 Å². The zero-order valence-corrected chi connectivity index (χ0v) is 13.7. The molecular weight excluding hydrogens is 320 g/mol. The molecule has 0 bridgehead atoms. The Morgan fingerprint density at radius 1 is 1.17 bits per heavy atom. The molecule has 3 rings (SSSR count). The lowest BCUT2D eigenvalue weighted by molar-refractivity contribution is -0.305. The van der Waals surface area contributed by atoms with E-state index in [1.807, 2.05) is 6.92 Å². The third kappa shape index (κ3) is 3.18. The maximum absolute atomic E-state index is 11.9. The van der Waals surface area contributed by atoms with Crippen molar-refractivity contribution in [2.24, 2.45) is 23.7 Å². The quantitative estimate of drug-likeness (QED) is 0.460. The molecule has 4 unspecified atom stereocenters. The highest BCUT2D eigenvalue weighted by Crippen LogP contribution is 2.44. The number of hydrogen-bond donors (Lipinski definition) is 4. The van der Waals surface area contributed by atoms with Crippen LogP contribution in [0.2, 0.25) is 0 Å². The van der Waals surface area contributed by atoms with Gasteiger partial charge in [0.1, 0.15) is 24.4 Å². The van der Waals surface area contributed by atoms with Crippen LogP contribution in [-0.2, 0) is 19.0 Å². The lowest BCUT2D eigenvalue weighted by Gasteiger charge is -2.41. The predicted molar refractivity (Wildman–Crippen MR) is 79.5 cm³/mol. The average molecular weight is 346 g/mol. The highest BCUT2D eigenvalue weighted by molar-refractivity contribution is 5.74. The van der Waals surface area contributed by atoms with Gasteiger partial charge in [-0.15, -0.1) is 0 Å². The zero-order valence-electron chi connectivity index (χ0n) is 13.7. The molecule has 3 aliphatic rings. The van der Waals surface area contributed by atoms with Gasteiger partial charge in [-0.1, -0.05) is 6.92 Å². The summed E-state index contributed by atoms with van der Waals surface area (Å²) in [6.45, 7) is 2.04. The molecule has 4 N–H and O–H groups in total. The van der Waals surface area contributed by atoms with Crippen LogP contribution in [0.3, 0.4) is 0 Å². The van der Waals surface area contributed by atoms with Crippen molar-refractivity contribution in [1.82, 2.24) is 0 Å². The SMILES string of the molecule is CC1CCC2C(CO[C@H]3O[C@H](CO)[C@@H](O)[C@@H](O)[C@H]3O)COC(=O)C12. The number of cyclic esters (lactones) is 1. The van der Waals surface area contributed by atoms with Crippen LogP contribution in [-0.4, -0.2) is 76.9 Å². The van der Waals surface area contributed by atoms with Crippen LogP contribution in [0.5, 0.6) is 0 Å². The Bertz CT molecular complexity index is 455. The third-order valence-corrected chi connectivity index (χ3v) is 5.67. The van der Waals surface area contributed by atoms with Gasteiger partial charge in [0.25, 0.3) is 0 Å². The molecule has 0 aromatic rings. The van der Waals surface area contributed by atoms with Gasteiger partial charge in [-0.05, 0) is 24.7 Å². The first-order valence-corrected chi connectivity index (χ1v) is 8.52. The molecule has 0 spiro atoms. The summed E-state index contributed by atoms with van der Waals surface area (Å²) in [5, 5.41) is 38.7. The molecule has 3 fully saturated rings. The maximum Gasteiger partial charge on any atom is 0.309 e. The van der Waals surface area contributed by atoms with E-state index in [0.717, 1.165) is 12.8 Å². The number of aliphatic hydroxyl groups excluding tert-OH is 4. The summed E-state index contributed by atoms with van der Waals surface area (Å²) in [5.74, 6) is 0.227. The number of esters is 1. The van der Waals surface area contributed by atoms with Gasteiger partial charge in [0.2, 0.25) is 0 Å². The summed E-state index contributed by atoms with van der Waals surface area (Å²) in [7, 11) is 0. The summed E-state index contributed by atoms with van der Waals surface area (Å²) < 4.78 is 16.2. The largest absolute Gasteiger partial charge is 0.465 e. The fraction of sp³-hybridized carbons (Fsp3) is 0.938. The van der Waals surface area contributed by atoms with Gasteiger partial charge in [0, 0.05) is 5.92 Å². The number of hydrogen-bond acceptors (Lipinski definition) is 8. The Morgan fingerprint density at radius 2 is 1.92 bits per heavy atom. The standard InChI is InChI=1S/C16H26O8/c1-7-2-3-9-8(5-22-15(21)11(7)9)6-23-16-14(20)13(19)12(18)10(4-17)24-16/h7-14,16-20H,2-6H2,1H3/t7?,8?,9?,10-,11?,12-,13-,14-,16+/m1/s1. The van der Waals surface area contributed by atoms with Crippen LogP contribution >= 0.6 is 0 Å². The highest BCUT2D eigenvalue weighted by Gasteiger charge is 2.48. The maximum atomic E-state index is 11.9. The molecule has 1 aliphatic carbocycles. The minimum Gasteiger partial charge on any atom is -0.465 e. The Labute approximate surface area is 140 Å². The molecular formula is C16H26O8. The summed E-state index contributed by atoms with van der Waals surface area (Å²) in [6, 6.07) is 0. The predicted octanol–water partition coefficient (Wildman–Crippen LogP) is -1.36. The molecule has 2 aliphatic heterocycles. The number of aliphatic hydroxyl groups is 4. The van der Waals surface area contributed by atoms with E-state index < -0.39 is 37.3 Å². The van der Waals surface area contributed by atoms with Crippen LogP contribution in [0.25, 0.3) is 0 Å². The van der Waals surface area contributed by atoms with Gasteiger partial charge >= 0.3 is 5.97 Å². The van der Waals surface area contributed by atoms with Crippen LogP contribution in [0, 0.1) is 23.7 Å². The van der Waals surface area contributed by atoms with Gasteiger partial charge in [-0.2, -0.15) is 0 Å². The second-order valence-corrected chi connectivity index (χ2v) is 7.17. The van der Waals surface area contributed by atoms with Gasteiger partial charge in [0.05, 0.1) is 25.7 Å². The first-order valence-electron chi connectivity index (χ1n) is 8.52. The minimum atomic E-state index is -1.45. The fourth-order valence-electron chi connectivity index (χ4n) is 4.18. The fourth-order valence-corrected chi connectivity index (χ4v) is 4.18. The lowest BCUT2D eigenvalue weighted by atomic mass is 9.80. The van der Waals surface area contributed by atoms with E-state index in [1.54, 1.807) is 0 Å². The Hall–Kier alpha value is -0.770. The molecule has 24 heavy (non-hydrogen) atoms. The zero-order chi connectivity index (χ0) is 17.4. The van der Waals surface area contributed by atoms with Gasteiger partial charge in [-0.3, -0.25) is 4.79 Å². The van der Waals surface area contributed by atoms with E-state index in [-0.39, 0.29) is 42.9 Å². The second-order valence-electron chi connectivity index (χ2n) is 7.17. The number of fused-ring (bicyclic) bond motifs is 1. The van der Waals surface area contributed by atoms with Crippen molar-refractivity contribution in [3.63, 3.8) is 0 Å². The smallest absolute Gasteiger partial charge is 0.309 e. The van der Waals surface area contributed by atoms with Crippen molar-refractivity contribution in [2.45, 2.75) is 50.5 Å². The van der Waals surface area contributed by atoms with Crippen molar-refractivity contribution < 1.29 is 39.4 Å². The average Bonchev–Trinajstić information content (AvgIpc) is 2.97. The van der Waals surface area contributed by atoms with Gasteiger partial charge < -0.3 is 34.6 Å². The van der Waals surface area contributed by atoms with E-state index in [1.165, 1.54) is 0 Å². The summed E-state index contributed by atoms with van der Waals surface area (Å²) in [5.41, 5.74) is 0. The molecule has 0 amide bonds. The lowest BCUT2D eigenvalue weighted by Crippen LogP contribution is -2.59. The molecule has 0 radical (unpaired) electrons. The summed E-state index contributed by atoms with van der Waals surface area (Å²) in [6.07, 6.45) is -4.49. The van der Waals surface area contributed by atoms with E-state index in [9.17, 15) is 25.2 Å².